The Morgan fingerprint density at radius 2 is 2.17 bits per heavy atom. The van der Waals surface area contributed by atoms with Gasteiger partial charge in [0.25, 0.3) is 0 Å². The smallest absolute Gasteiger partial charge is 0.317 e. The van der Waals surface area contributed by atoms with E-state index in [2.05, 4.69) is 17.2 Å². The molecule has 2 atom stereocenters. The van der Waals surface area contributed by atoms with Crippen LogP contribution >= 0.6 is 11.3 Å². The molecule has 1 fully saturated rings. The van der Waals surface area contributed by atoms with Gasteiger partial charge in [0, 0.05) is 30.1 Å². The Hall–Kier alpha value is -1.95. The molecule has 0 unspecified atom stereocenters. The van der Waals surface area contributed by atoms with Gasteiger partial charge in [0.15, 0.2) is 0 Å². The van der Waals surface area contributed by atoms with Crippen molar-refractivity contribution in [3.05, 3.63) is 51.7 Å². The molecule has 6 heteroatoms. The van der Waals surface area contributed by atoms with Gasteiger partial charge < -0.3 is 10.2 Å². The molecule has 0 saturated heterocycles. The highest BCUT2D eigenvalue weighted by molar-refractivity contribution is 7.11. The van der Waals surface area contributed by atoms with Crippen LogP contribution in [0.5, 0.6) is 0 Å². The summed E-state index contributed by atoms with van der Waals surface area (Å²) in [5, 5.41) is 4.13. The van der Waals surface area contributed by atoms with Crippen molar-refractivity contribution in [1.82, 2.24) is 15.2 Å². The molecule has 2 amide bonds. The number of urea groups is 1. The number of nitrogens with one attached hydrogen (secondary N) is 1. The molecule has 2 aromatic rings. The number of halogens is 1. The highest BCUT2D eigenvalue weighted by Gasteiger charge is 2.39. The number of nitrogens with zero attached hydrogens (tertiary/aromatic N) is 2. The van der Waals surface area contributed by atoms with Crippen LogP contribution in [0.1, 0.15) is 34.7 Å². The van der Waals surface area contributed by atoms with Crippen molar-refractivity contribution in [3.63, 3.8) is 0 Å². The maximum absolute atomic E-state index is 12.9. The first kappa shape index (κ1) is 15.9. The van der Waals surface area contributed by atoms with Crippen LogP contribution in [-0.2, 0) is 13.0 Å². The normalized spacial score (nSPS) is 19.4. The lowest BCUT2D eigenvalue weighted by Gasteiger charge is -2.17. The van der Waals surface area contributed by atoms with Gasteiger partial charge >= 0.3 is 6.03 Å². The molecule has 3 rings (SSSR count). The molecular formula is C17H20FN3OS. The standard InChI is InChI=1S/C17H20FN3OS/c1-3-16-19-9-13(23-16)10-21(2)17(22)20-15-8-14(15)11-4-6-12(18)7-5-11/h4-7,9,14-15H,3,8,10H2,1-2H3,(H,20,22)/t14-,15-/m0/s1. The Morgan fingerprint density at radius 3 is 2.83 bits per heavy atom. The molecule has 122 valence electrons. The molecule has 1 aromatic carbocycles. The zero-order valence-electron chi connectivity index (χ0n) is 13.3. The van der Waals surface area contributed by atoms with Crippen molar-refractivity contribution < 1.29 is 9.18 Å². The summed E-state index contributed by atoms with van der Waals surface area (Å²) in [4.78, 5) is 19.3. The van der Waals surface area contributed by atoms with Gasteiger partial charge in [-0.25, -0.2) is 14.2 Å². The molecule has 0 aliphatic heterocycles. The van der Waals surface area contributed by atoms with Crippen LogP contribution in [0.25, 0.3) is 0 Å². The fourth-order valence-corrected chi connectivity index (χ4v) is 3.51. The van der Waals surface area contributed by atoms with E-state index in [1.165, 1.54) is 12.1 Å². The first-order valence-electron chi connectivity index (χ1n) is 7.77. The summed E-state index contributed by atoms with van der Waals surface area (Å²) in [6.45, 7) is 2.64. The molecule has 4 nitrogen and oxygen atoms in total. The second kappa shape index (κ2) is 6.66. The van der Waals surface area contributed by atoms with Gasteiger partial charge in [0.1, 0.15) is 5.82 Å². The van der Waals surface area contributed by atoms with E-state index in [1.807, 2.05) is 6.20 Å². The Balaban J connectivity index is 1.50. The van der Waals surface area contributed by atoms with Gasteiger partial charge in [-0.15, -0.1) is 11.3 Å². The van der Waals surface area contributed by atoms with Crippen LogP contribution in [0.2, 0.25) is 0 Å². The van der Waals surface area contributed by atoms with E-state index in [4.69, 9.17) is 0 Å². The lowest BCUT2D eigenvalue weighted by atomic mass is 10.1. The maximum Gasteiger partial charge on any atom is 0.317 e. The molecule has 0 radical (unpaired) electrons. The van der Waals surface area contributed by atoms with E-state index in [1.54, 1.807) is 35.4 Å². The predicted molar refractivity (Wildman–Crippen MR) is 89.0 cm³/mol. The highest BCUT2D eigenvalue weighted by Crippen LogP contribution is 2.40. The number of benzene rings is 1. The third kappa shape index (κ3) is 3.88. The van der Waals surface area contributed by atoms with Crippen LogP contribution in [0.15, 0.2) is 30.5 Å². The number of aryl methyl sites for hydroxylation is 1. The van der Waals surface area contributed by atoms with Crippen molar-refractivity contribution in [3.8, 4) is 0 Å². The van der Waals surface area contributed by atoms with Crippen LogP contribution in [-0.4, -0.2) is 29.0 Å². The molecule has 1 N–H and O–H groups in total. The number of aromatic nitrogens is 1. The zero-order valence-corrected chi connectivity index (χ0v) is 14.1. The van der Waals surface area contributed by atoms with Gasteiger partial charge in [-0.3, -0.25) is 0 Å². The molecule has 23 heavy (non-hydrogen) atoms. The molecule has 1 heterocycles. The number of amides is 2. The first-order valence-corrected chi connectivity index (χ1v) is 8.59. The van der Waals surface area contributed by atoms with E-state index < -0.39 is 0 Å². The second-order valence-electron chi connectivity index (χ2n) is 5.88. The summed E-state index contributed by atoms with van der Waals surface area (Å²) in [7, 11) is 1.79. The van der Waals surface area contributed by atoms with Crippen molar-refractivity contribution in [2.24, 2.45) is 0 Å². The largest absolute Gasteiger partial charge is 0.335 e. The minimum Gasteiger partial charge on any atom is -0.335 e. The molecule has 0 spiro atoms. The molecule has 0 bridgehead atoms. The third-order valence-corrected chi connectivity index (χ3v) is 5.17. The molecule has 1 saturated carbocycles. The number of carbonyl (C=O) groups is 1. The van der Waals surface area contributed by atoms with Gasteiger partial charge in [0.2, 0.25) is 0 Å². The number of hydrogen-bond donors (Lipinski definition) is 1. The van der Waals surface area contributed by atoms with Gasteiger partial charge in [-0.05, 0) is 30.5 Å². The van der Waals surface area contributed by atoms with Gasteiger partial charge in [-0.2, -0.15) is 0 Å². The van der Waals surface area contributed by atoms with Crippen LogP contribution < -0.4 is 5.32 Å². The van der Waals surface area contributed by atoms with E-state index in [0.29, 0.717) is 12.5 Å². The third-order valence-electron chi connectivity index (χ3n) is 4.04. The summed E-state index contributed by atoms with van der Waals surface area (Å²) < 4.78 is 12.9. The van der Waals surface area contributed by atoms with Gasteiger partial charge in [0.05, 0.1) is 11.6 Å². The fourth-order valence-electron chi connectivity index (χ4n) is 2.59. The molecule has 1 aromatic heterocycles. The van der Waals surface area contributed by atoms with Crippen molar-refractivity contribution in [2.45, 2.75) is 38.3 Å². The SMILES string of the molecule is CCc1ncc(CN(C)C(=O)N[C@H]2C[C@H]2c2ccc(F)cc2)s1. The topological polar surface area (TPSA) is 45.2 Å². The Labute approximate surface area is 139 Å². The number of rotatable bonds is 5. The van der Waals surface area contributed by atoms with E-state index in [9.17, 15) is 9.18 Å². The van der Waals surface area contributed by atoms with Crippen LogP contribution in [0.3, 0.4) is 0 Å². The fraction of sp³-hybridized carbons (Fsp3) is 0.412. The average Bonchev–Trinajstić information content (AvgIpc) is 3.15. The predicted octanol–water partition coefficient (Wildman–Crippen LogP) is 3.54. The monoisotopic (exact) mass is 333 g/mol. The van der Waals surface area contributed by atoms with Gasteiger partial charge in [-0.1, -0.05) is 19.1 Å². The lowest BCUT2D eigenvalue weighted by molar-refractivity contribution is 0.206. The quantitative estimate of drug-likeness (QED) is 0.909. The summed E-state index contributed by atoms with van der Waals surface area (Å²) in [5.74, 6) is 0.0637. The minimum absolute atomic E-state index is 0.0777. The first-order chi connectivity index (χ1) is 11.1. The maximum atomic E-state index is 12.9. The summed E-state index contributed by atoms with van der Waals surface area (Å²) in [6, 6.07) is 6.58. The lowest BCUT2D eigenvalue weighted by Crippen LogP contribution is -2.38. The zero-order chi connectivity index (χ0) is 16.4. The van der Waals surface area contributed by atoms with Crippen LogP contribution in [0.4, 0.5) is 9.18 Å². The van der Waals surface area contributed by atoms with E-state index >= 15 is 0 Å². The van der Waals surface area contributed by atoms with Crippen molar-refractivity contribution in [1.29, 1.82) is 0 Å². The molecular weight excluding hydrogens is 313 g/mol. The summed E-state index contributed by atoms with van der Waals surface area (Å²) in [6.07, 6.45) is 3.67. The number of carbonyl (C=O) groups excluding carboxylic acids is 1. The number of hydrogen-bond acceptors (Lipinski definition) is 3. The Kier molecular flexibility index (Phi) is 4.61. The van der Waals surface area contributed by atoms with E-state index in [0.717, 1.165) is 28.3 Å². The highest BCUT2D eigenvalue weighted by atomic mass is 32.1. The van der Waals surface area contributed by atoms with E-state index in [-0.39, 0.29) is 17.9 Å². The van der Waals surface area contributed by atoms with Crippen molar-refractivity contribution >= 4 is 17.4 Å². The van der Waals surface area contributed by atoms with Crippen LogP contribution in [0, 0.1) is 5.82 Å². The number of thiazole rings is 1. The minimum atomic E-state index is -0.231. The second-order valence-corrected chi connectivity index (χ2v) is 7.08. The van der Waals surface area contributed by atoms with Crippen molar-refractivity contribution in [2.75, 3.05) is 7.05 Å². The Morgan fingerprint density at radius 1 is 1.43 bits per heavy atom. The summed E-state index contributed by atoms with van der Waals surface area (Å²) in [5.41, 5.74) is 1.08. The molecule has 1 aliphatic rings. The summed E-state index contributed by atoms with van der Waals surface area (Å²) >= 11 is 1.64. The Bertz CT molecular complexity index is 685. The average molecular weight is 333 g/mol. The molecule has 1 aliphatic carbocycles.